The lowest BCUT2D eigenvalue weighted by Crippen LogP contribution is -2.33. The van der Waals surface area contributed by atoms with E-state index in [4.69, 9.17) is 4.98 Å². The van der Waals surface area contributed by atoms with Crippen molar-refractivity contribution in [3.05, 3.63) is 84.1 Å². The number of benzene rings is 2. The number of fused-ring (bicyclic) bond motifs is 1. The highest BCUT2D eigenvalue weighted by Gasteiger charge is 2.09. The molecule has 4 rings (SSSR count). The number of hydrogen-bond acceptors (Lipinski definition) is 2. The third-order valence-electron chi connectivity index (χ3n) is 3.66. The summed E-state index contributed by atoms with van der Waals surface area (Å²) in [5.41, 5.74) is 2.28. The maximum atomic E-state index is 4.75. The summed E-state index contributed by atoms with van der Waals surface area (Å²) in [5.74, 6) is 0. The molecule has 0 fully saturated rings. The van der Waals surface area contributed by atoms with Crippen molar-refractivity contribution in [3.8, 4) is 10.6 Å². The van der Waals surface area contributed by atoms with Crippen LogP contribution >= 0.6 is 11.3 Å². The van der Waals surface area contributed by atoms with Crippen LogP contribution in [0.1, 0.15) is 5.69 Å². The van der Waals surface area contributed by atoms with Crippen LogP contribution in [0.15, 0.2) is 78.4 Å². The molecule has 22 heavy (non-hydrogen) atoms. The number of aromatic nitrogens is 2. The molecule has 2 aromatic heterocycles. The molecule has 0 bridgehead atoms. The zero-order chi connectivity index (χ0) is 14.8. The number of nitrogens with zero attached hydrogens (tertiary/aromatic N) is 2. The van der Waals surface area contributed by atoms with Gasteiger partial charge in [-0.05, 0) is 11.5 Å². The van der Waals surface area contributed by atoms with Crippen molar-refractivity contribution in [1.29, 1.82) is 0 Å². The first kappa shape index (κ1) is 13.2. The Labute approximate surface area is 133 Å². The van der Waals surface area contributed by atoms with Gasteiger partial charge in [-0.15, -0.1) is 11.3 Å². The van der Waals surface area contributed by atoms with Crippen LogP contribution in [0.4, 0.5) is 0 Å². The number of hydrogen-bond donors (Lipinski definition) is 0. The van der Waals surface area contributed by atoms with E-state index in [0.717, 1.165) is 17.2 Å². The molecule has 0 aliphatic carbocycles. The first-order valence-electron chi connectivity index (χ1n) is 7.26. The minimum Gasteiger partial charge on any atom is -0.234 e. The van der Waals surface area contributed by atoms with Crippen LogP contribution in [-0.2, 0) is 6.54 Å². The lowest BCUT2D eigenvalue weighted by molar-refractivity contribution is -0.687. The molecule has 2 nitrogen and oxygen atoms in total. The lowest BCUT2D eigenvalue weighted by Gasteiger charge is -1.97. The normalized spacial score (nSPS) is 10.9. The average Bonchev–Trinajstić information content (AvgIpc) is 3.04. The smallest absolute Gasteiger partial charge is 0.191 e. The Bertz CT molecular complexity index is 913. The highest BCUT2D eigenvalue weighted by molar-refractivity contribution is 7.13. The topological polar surface area (TPSA) is 16.8 Å². The quantitative estimate of drug-likeness (QED) is 0.516. The molecule has 0 saturated heterocycles. The second kappa shape index (κ2) is 5.70. The molecule has 0 aliphatic rings. The molecule has 4 aromatic rings. The molecule has 0 N–H and O–H groups in total. The summed E-state index contributed by atoms with van der Waals surface area (Å²) in [5, 5.41) is 5.74. The maximum absolute atomic E-state index is 4.75. The Morgan fingerprint density at radius 2 is 1.64 bits per heavy atom. The fourth-order valence-corrected chi connectivity index (χ4v) is 3.37. The van der Waals surface area contributed by atoms with Crippen LogP contribution in [0.5, 0.6) is 0 Å². The Hall–Kier alpha value is -2.52. The molecule has 0 spiro atoms. The number of thiazole rings is 1. The third kappa shape index (κ3) is 2.63. The van der Waals surface area contributed by atoms with E-state index in [9.17, 15) is 0 Å². The number of pyridine rings is 1. The van der Waals surface area contributed by atoms with Crippen LogP contribution in [-0.4, -0.2) is 4.98 Å². The minimum absolute atomic E-state index is 0.800. The van der Waals surface area contributed by atoms with Crippen molar-refractivity contribution < 1.29 is 4.57 Å². The molecule has 0 radical (unpaired) electrons. The van der Waals surface area contributed by atoms with E-state index in [0.29, 0.717) is 0 Å². The van der Waals surface area contributed by atoms with Crippen molar-refractivity contribution in [1.82, 2.24) is 4.98 Å². The van der Waals surface area contributed by atoms with Crippen molar-refractivity contribution in [2.75, 3.05) is 0 Å². The van der Waals surface area contributed by atoms with Crippen LogP contribution in [0.3, 0.4) is 0 Å². The number of rotatable bonds is 3. The predicted octanol–water partition coefficient (Wildman–Crippen LogP) is 4.30. The summed E-state index contributed by atoms with van der Waals surface area (Å²) in [6.45, 7) is 0.800. The van der Waals surface area contributed by atoms with E-state index < -0.39 is 0 Å². The zero-order valence-corrected chi connectivity index (χ0v) is 12.8. The summed E-state index contributed by atoms with van der Waals surface area (Å²) >= 11 is 1.70. The van der Waals surface area contributed by atoms with Gasteiger partial charge in [0.25, 0.3) is 0 Å². The molecule has 0 aliphatic heterocycles. The van der Waals surface area contributed by atoms with Gasteiger partial charge in [-0.2, -0.15) is 4.57 Å². The van der Waals surface area contributed by atoms with Crippen molar-refractivity contribution in [2.24, 2.45) is 0 Å². The highest BCUT2D eigenvalue weighted by atomic mass is 32.1. The van der Waals surface area contributed by atoms with Crippen molar-refractivity contribution >= 4 is 22.1 Å². The van der Waals surface area contributed by atoms with E-state index in [-0.39, 0.29) is 0 Å². The summed E-state index contributed by atoms with van der Waals surface area (Å²) in [6.07, 6.45) is 4.29. The van der Waals surface area contributed by atoms with E-state index in [1.54, 1.807) is 11.3 Å². The van der Waals surface area contributed by atoms with Crippen molar-refractivity contribution in [2.45, 2.75) is 6.54 Å². The Kier molecular flexibility index (Phi) is 3.41. The summed E-state index contributed by atoms with van der Waals surface area (Å²) in [7, 11) is 0. The molecule has 2 aromatic carbocycles. The first-order valence-corrected chi connectivity index (χ1v) is 8.14. The van der Waals surface area contributed by atoms with Gasteiger partial charge in [0.2, 0.25) is 0 Å². The Balaban J connectivity index is 1.61. The summed E-state index contributed by atoms with van der Waals surface area (Å²) in [4.78, 5) is 4.75. The Morgan fingerprint density at radius 1 is 0.864 bits per heavy atom. The summed E-state index contributed by atoms with van der Waals surface area (Å²) in [6, 6.07) is 20.9. The van der Waals surface area contributed by atoms with Crippen LogP contribution in [0.2, 0.25) is 0 Å². The predicted molar refractivity (Wildman–Crippen MR) is 90.8 cm³/mol. The largest absolute Gasteiger partial charge is 0.234 e. The maximum Gasteiger partial charge on any atom is 0.191 e. The van der Waals surface area contributed by atoms with Gasteiger partial charge in [0.15, 0.2) is 18.9 Å². The van der Waals surface area contributed by atoms with Crippen molar-refractivity contribution in [3.63, 3.8) is 0 Å². The van der Waals surface area contributed by atoms with Crippen LogP contribution in [0.25, 0.3) is 21.3 Å². The van der Waals surface area contributed by atoms with Gasteiger partial charge < -0.3 is 0 Å². The standard InChI is InChI=1S/C19H15N2S/c1-2-7-16(8-3-1)19-20-18(14-22-19)13-21-11-10-15-6-4-5-9-17(15)12-21/h1-12,14H,13H2/q+1. The Morgan fingerprint density at radius 3 is 2.50 bits per heavy atom. The fraction of sp³-hybridized carbons (Fsp3) is 0.0526. The molecule has 2 heterocycles. The van der Waals surface area contributed by atoms with Gasteiger partial charge in [0.1, 0.15) is 10.7 Å². The molecule has 3 heteroatoms. The second-order valence-corrected chi connectivity index (χ2v) is 6.11. The van der Waals surface area contributed by atoms with E-state index in [1.807, 2.05) is 6.07 Å². The van der Waals surface area contributed by atoms with Gasteiger partial charge in [-0.25, -0.2) is 4.98 Å². The molecular formula is C19H15N2S+. The molecule has 106 valence electrons. The third-order valence-corrected chi connectivity index (χ3v) is 4.60. The van der Waals surface area contributed by atoms with Crippen LogP contribution in [0, 0.1) is 0 Å². The SMILES string of the molecule is c1ccc(-c2nc(C[n+]3ccc4ccccc4c3)cs2)cc1. The van der Waals surface area contributed by atoms with E-state index in [1.165, 1.54) is 16.3 Å². The van der Waals surface area contributed by atoms with Gasteiger partial charge in [-0.3, -0.25) is 0 Å². The first-order chi connectivity index (χ1) is 10.9. The van der Waals surface area contributed by atoms with Gasteiger partial charge >= 0.3 is 0 Å². The highest BCUT2D eigenvalue weighted by Crippen LogP contribution is 2.23. The lowest BCUT2D eigenvalue weighted by atomic mass is 10.2. The van der Waals surface area contributed by atoms with E-state index >= 15 is 0 Å². The van der Waals surface area contributed by atoms with Crippen LogP contribution < -0.4 is 4.57 Å². The van der Waals surface area contributed by atoms with Gasteiger partial charge in [0.05, 0.1) is 0 Å². The molecule has 0 atom stereocenters. The van der Waals surface area contributed by atoms with Gasteiger partial charge in [0, 0.05) is 22.4 Å². The molecule has 0 unspecified atom stereocenters. The average molecular weight is 303 g/mol. The zero-order valence-electron chi connectivity index (χ0n) is 12.0. The summed E-state index contributed by atoms with van der Waals surface area (Å²) < 4.78 is 2.19. The minimum atomic E-state index is 0.800. The second-order valence-electron chi connectivity index (χ2n) is 5.26. The molecule has 0 saturated carbocycles. The molecule has 0 amide bonds. The monoisotopic (exact) mass is 303 g/mol. The van der Waals surface area contributed by atoms with E-state index in [2.05, 4.69) is 76.9 Å². The molecular weight excluding hydrogens is 288 g/mol. The van der Waals surface area contributed by atoms with Gasteiger partial charge in [-0.1, -0.05) is 48.5 Å². The fourth-order valence-electron chi connectivity index (χ4n) is 2.56.